The monoisotopic (exact) mass is 309 g/mol. The molecule has 1 fully saturated rings. The number of nitrogens with one attached hydrogen (secondary N) is 1. The first-order valence-corrected chi connectivity index (χ1v) is 7.30. The molecule has 2 aromatic heterocycles. The second kappa shape index (κ2) is 5.85. The molecule has 3 rings (SSSR count). The fourth-order valence-electron chi connectivity index (χ4n) is 2.05. The molecule has 21 heavy (non-hydrogen) atoms. The number of rotatable bonds is 6. The van der Waals surface area contributed by atoms with E-state index >= 15 is 0 Å². The summed E-state index contributed by atoms with van der Waals surface area (Å²) in [6.45, 7) is 2.90. The van der Waals surface area contributed by atoms with E-state index in [4.69, 9.17) is 16.1 Å². The van der Waals surface area contributed by atoms with E-state index < -0.39 is 0 Å². The van der Waals surface area contributed by atoms with Crippen molar-refractivity contribution in [3.63, 3.8) is 0 Å². The SMILES string of the molecule is Cc1nc(CCNc2c(Cl)cnn(CC3CC3)c2=O)no1. The van der Waals surface area contributed by atoms with Crippen molar-refractivity contribution in [3.8, 4) is 0 Å². The first-order valence-electron chi connectivity index (χ1n) is 6.92. The van der Waals surface area contributed by atoms with E-state index in [1.54, 1.807) is 6.92 Å². The predicted molar refractivity (Wildman–Crippen MR) is 77.5 cm³/mol. The van der Waals surface area contributed by atoms with Crippen LogP contribution >= 0.6 is 11.6 Å². The van der Waals surface area contributed by atoms with E-state index in [1.165, 1.54) is 10.9 Å². The Kier molecular flexibility index (Phi) is 3.92. The topological polar surface area (TPSA) is 85.8 Å². The molecule has 1 aliphatic carbocycles. The summed E-state index contributed by atoms with van der Waals surface area (Å²) in [5.74, 6) is 1.70. The second-order valence-electron chi connectivity index (χ2n) is 5.20. The molecule has 7 nitrogen and oxygen atoms in total. The second-order valence-corrected chi connectivity index (χ2v) is 5.61. The Labute approximate surface area is 126 Å². The van der Waals surface area contributed by atoms with E-state index in [1.807, 2.05) is 0 Å². The van der Waals surface area contributed by atoms with Crippen LogP contribution in [0.1, 0.15) is 24.6 Å². The van der Waals surface area contributed by atoms with Gasteiger partial charge in [-0.1, -0.05) is 16.8 Å². The molecule has 2 aromatic rings. The molecule has 0 spiro atoms. The smallest absolute Gasteiger partial charge is 0.291 e. The van der Waals surface area contributed by atoms with Gasteiger partial charge in [0.1, 0.15) is 5.69 Å². The first-order chi connectivity index (χ1) is 10.1. The molecular weight excluding hydrogens is 294 g/mol. The van der Waals surface area contributed by atoms with Gasteiger partial charge in [0.05, 0.1) is 11.2 Å². The van der Waals surface area contributed by atoms with Crippen LogP contribution in [-0.4, -0.2) is 26.5 Å². The van der Waals surface area contributed by atoms with Crippen molar-refractivity contribution in [2.75, 3.05) is 11.9 Å². The van der Waals surface area contributed by atoms with Crippen molar-refractivity contribution < 1.29 is 4.52 Å². The molecule has 8 heteroatoms. The van der Waals surface area contributed by atoms with E-state index in [0.717, 1.165) is 12.8 Å². The molecule has 1 aliphatic rings. The maximum Gasteiger partial charge on any atom is 0.291 e. The number of nitrogens with zero attached hydrogens (tertiary/aromatic N) is 4. The van der Waals surface area contributed by atoms with Gasteiger partial charge in [0.2, 0.25) is 5.89 Å². The van der Waals surface area contributed by atoms with Crippen molar-refractivity contribution in [3.05, 3.63) is 33.3 Å². The lowest BCUT2D eigenvalue weighted by Gasteiger charge is -2.09. The van der Waals surface area contributed by atoms with Crippen LogP contribution in [0.25, 0.3) is 0 Å². The van der Waals surface area contributed by atoms with Crippen LogP contribution in [0.15, 0.2) is 15.5 Å². The van der Waals surface area contributed by atoms with Crippen LogP contribution in [-0.2, 0) is 13.0 Å². The van der Waals surface area contributed by atoms with Gasteiger partial charge in [-0.2, -0.15) is 10.1 Å². The van der Waals surface area contributed by atoms with Crippen molar-refractivity contribution in [2.45, 2.75) is 32.7 Å². The number of aromatic nitrogens is 4. The Balaban J connectivity index is 1.67. The van der Waals surface area contributed by atoms with Gasteiger partial charge in [-0.15, -0.1) is 0 Å². The normalized spacial score (nSPS) is 14.4. The molecule has 112 valence electrons. The van der Waals surface area contributed by atoms with E-state index in [-0.39, 0.29) is 5.56 Å². The average molecular weight is 310 g/mol. The number of halogens is 1. The highest BCUT2D eigenvalue weighted by Crippen LogP contribution is 2.30. The molecule has 0 saturated heterocycles. The third kappa shape index (κ3) is 3.41. The quantitative estimate of drug-likeness (QED) is 0.873. The predicted octanol–water partition coefficient (Wildman–Crippen LogP) is 1.65. The van der Waals surface area contributed by atoms with Gasteiger partial charge >= 0.3 is 0 Å². The van der Waals surface area contributed by atoms with Gasteiger partial charge in [0.25, 0.3) is 5.56 Å². The van der Waals surface area contributed by atoms with Gasteiger partial charge in [0, 0.05) is 26.4 Å². The van der Waals surface area contributed by atoms with Crippen LogP contribution < -0.4 is 10.9 Å². The summed E-state index contributed by atoms with van der Waals surface area (Å²) in [4.78, 5) is 16.4. The molecule has 0 aliphatic heterocycles. The van der Waals surface area contributed by atoms with Gasteiger partial charge in [-0.25, -0.2) is 4.68 Å². The lowest BCUT2D eigenvalue weighted by atomic mass is 10.3. The highest BCUT2D eigenvalue weighted by atomic mass is 35.5. The van der Waals surface area contributed by atoms with Gasteiger partial charge < -0.3 is 9.84 Å². The largest absolute Gasteiger partial charge is 0.379 e. The standard InChI is InChI=1S/C13H16ClN5O2/c1-8-17-11(18-21-8)4-5-15-12-10(14)6-16-19(13(12)20)7-9-2-3-9/h6,9,15H,2-5,7H2,1H3. The molecule has 0 radical (unpaired) electrons. The fraction of sp³-hybridized carbons (Fsp3) is 0.538. The maximum absolute atomic E-state index is 12.3. The number of hydrogen-bond donors (Lipinski definition) is 1. The van der Waals surface area contributed by atoms with Crippen molar-refractivity contribution in [2.24, 2.45) is 5.92 Å². The van der Waals surface area contributed by atoms with Crippen LogP contribution in [0.3, 0.4) is 0 Å². The van der Waals surface area contributed by atoms with E-state index in [0.29, 0.717) is 47.9 Å². The Morgan fingerprint density at radius 2 is 2.33 bits per heavy atom. The zero-order valence-corrected chi connectivity index (χ0v) is 12.4. The molecule has 0 bridgehead atoms. The van der Waals surface area contributed by atoms with E-state index in [9.17, 15) is 4.79 Å². The molecule has 1 N–H and O–H groups in total. The lowest BCUT2D eigenvalue weighted by Crippen LogP contribution is -2.27. The van der Waals surface area contributed by atoms with Crippen LogP contribution in [0, 0.1) is 12.8 Å². The zero-order valence-electron chi connectivity index (χ0n) is 11.7. The minimum absolute atomic E-state index is 0.182. The Bertz CT molecular complexity index is 692. The molecule has 0 amide bonds. The molecular formula is C13H16ClN5O2. The fourth-order valence-corrected chi connectivity index (χ4v) is 2.24. The Morgan fingerprint density at radius 3 is 3.00 bits per heavy atom. The summed E-state index contributed by atoms with van der Waals surface area (Å²) in [7, 11) is 0. The summed E-state index contributed by atoms with van der Waals surface area (Å²) < 4.78 is 6.37. The lowest BCUT2D eigenvalue weighted by molar-refractivity contribution is 0.387. The molecule has 1 saturated carbocycles. The van der Waals surface area contributed by atoms with Crippen LogP contribution in [0.4, 0.5) is 5.69 Å². The molecule has 0 aromatic carbocycles. The highest BCUT2D eigenvalue weighted by Gasteiger charge is 2.23. The van der Waals surface area contributed by atoms with Gasteiger partial charge in [-0.3, -0.25) is 4.79 Å². The Hall–Kier alpha value is -1.89. The molecule has 2 heterocycles. The number of aryl methyl sites for hydroxylation is 1. The number of hydrogen-bond acceptors (Lipinski definition) is 6. The van der Waals surface area contributed by atoms with Crippen LogP contribution in [0.5, 0.6) is 0 Å². The summed E-state index contributed by atoms with van der Waals surface area (Å²) in [5.41, 5.74) is 0.200. The van der Waals surface area contributed by atoms with Crippen molar-refractivity contribution >= 4 is 17.3 Å². The third-order valence-electron chi connectivity index (χ3n) is 3.35. The van der Waals surface area contributed by atoms with Crippen LogP contribution in [0.2, 0.25) is 5.02 Å². The third-order valence-corrected chi connectivity index (χ3v) is 3.63. The maximum atomic E-state index is 12.3. The van der Waals surface area contributed by atoms with E-state index in [2.05, 4.69) is 20.6 Å². The molecule has 0 unspecified atom stereocenters. The Morgan fingerprint density at radius 1 is 1.52 bits per heavy atom. The van der Waals surface area contributed by atoms with Crippen molar-refractivity contribution in [1.29, 1.82) is 0 Å². The van der Waals surface area contributed by atoms with Gasteiger partial charge in [-0.05, 0) is 18.8 Å². The minimum atomic E-state index is -0.182. The highest BCUT2D eigenvalue weighted by molar-refractivity contribution is 6.32. The summed E-state index contributed by atoms with van der Waals surface area (Å²) in [6, 6.07) is 0. The first kappa shape index (κ1) is 14.1. The number of anilines is 1. The van der Waals surface area contributed by atoms with Gasteiger partial charge in [0.15, 0.2) is 5.82 Å². The van der Waals surface area contributed by atoms with Crippen molar-refractivity contribution in [1.82, 2.24) is 19.9 Å². The summed E-state index contributed by atoms with van der Waals surface area (Å²) in [6.07, 6.45) is 4.39. The minimum Gasteiger partial charge on any atom is -0.379 e. The average Bonchev–Trinajstić information content (AvgIpc) is 3.18. The molecule has 0 atom stereocenters. The summed E-state index contributed by atoms with van der Waals surface area (Å²) >= 11 is 6.05. The summed E-state index contributed by atoms with van der Waals surface area (Å²) in [5, 5.41) is 11.3. The zero-order chi connectivity index (χ0) is 14.8.